The van der Waals surface area contributed by atoms with Crippen molar-refractivity contribution in [1.82, 2.24) is 0 Å². The Morgan fingerprint density at radius 3 is 2.44 bits per heavy atom. The molecule has 55 valence electrons. The van der Waals surface area contributed by atoms with Crippen molar-refractivity contribution in [2.45, 2.75) is 17.7 Å². The Labute approximate surface area is 66.3 Å². The van der Waals surface area contributed by atoms with Gasteiger partial charge in [-0.2, -0.15) is 0 Å². The molecule has 0 fully saturated rings. The molecular weight excluding hydrogens is 159 g/mol. The third-order valence-corrected chi connectivity index (χ3v) is 1.86. The van der Waals surface area contributed by atoms with Gasteiger partial charge >= 0.3 is 0 Å². The first-order valence-corrected chi connectivity index (χ1v) is 3.71. The molecule has 0 bridgehead atoms. The summed E-state index contributed by atoms with van der Waals surface area (Å²) in [5.74, 6) is 0. The summed E-state index contributed by atoms with van der Waals surface area (Å²) in [6, 6.07) is 0. The standard InChI is InChI=1S/C6H11Cl2O/c1-3-9-4-6(8)5(2)7/h5-6H,1,3-4H2,2H3. The molecule has 0 aliphatic heterocycles. The molecule has 0 spiro atoms. The Bertz CT molecular complexity index is 66.1. The Kier molecular flexibility index (Phi) is 5.65. The third-order valence-electron chi connectivity index (χ3n) is 0.920. The lowest BCUT2D eigenvalue weighted by atomic mass is 10.3. The van der Waals surface area contributed by atoms with Crippen LogP contribution in [0.4, 0.5) is 0 Å². The van der Waals surface area contributed by atoms with E-state index in [1.54, 1.807) is 0 Å². The van der Waals surface area contributed by atoms with Gasteiger partial charge in [-0.05, 0) is 13.8 Å². The Balaban J connectivity index is 3.16. The fourth-order valence-electron chi connectivity index (χ4n) is 0.329. The van der Waals surface area contributed by atoms with Gasteiger partial charge in [0.05, 0.1) is 12.0 Å². The number of rotatable bonds is 4. The van der Waals surface area contributed by atoms with Crippen LogP contribution in [0.5, 0.6) is 0 Å². The number of halogens is 2. The second-order valence-electron chi connectivity index (χ2n) is 1.77. The lowest BCUT2D eigenvalue weighted by molar-refractivity contribution is 0.160. The summed E-state index contributed by atoms with van der Waals surface area (Å²) in [6.07, 6.45) is 0. The van der Waals surface area contributed by atoms with Crippen LogP contribution in [0.1, 0.15) is 6.92 Å². The average molecular weight is 170 g/mol. The van der Waals surface area contributed by atoms with Crippen LogP contribution in [0.2, 0.25) is 0 Å². The van der Waals surface area contributed by atoms with Crippen LogP contribution in [0.15, 0.2) is 0 Å². The van der Waals surface area contributed by atoms with Gasteiger partial charge in [-0.15, -0.1) is 23.2 Å². The predicted molar refractivity (Wildman–Crippen MR) is 41.1 cm³/mol. The monoisotopic (exact) mass is 169 g/mol. The highest BCUT2D eigenvalue weighted by Crippen LogP contribution is 2.08. The van der Waals surface area contributed by atoms with E-state index in [9.17, 15) is 0 Å². The Morgan fingerprint density at radius 2 is 2.11 bits per heavy atom. The summed E-state index contributed by atoms with van der Waals surface area (Å²) < 4.78 is 4.93. The minimum absolute atomic E-state index is 0.0433. The Hall–Kier alpha value is 0.540. The predicted octanol–water partition coefficient (Wildman–Crippen LogP) is 2.07. The Morgan fingerprint density at radius 1 is 1.56 bits per heavy atom. The zero-order valence-electron chi connectivity index (χ0n) is 5.44. The van der Waals surface area contributed by atoms with Crippen LogP contribution in [0, 0.1) is 6.92 Å². The van der Waals surface area contributed by atoms with E-state index in [1.165, 1.54) is 0 Å². The van der Waals surface area contributed by atoms with E-state index < -0.39 is 0 Å². The highest BCUT2D eigenvalue weighted by molar-refractivity contribution is 6.29. The molecule has 3 heteroatoms. The largest absolute Gasteiger partial charge is 0.380 e. The van der Waals surface area contributed by atoms with Gasteiger partial charge in [0.1, 0.15) is 0 Å². The molecule has 0 saturated carbocycles. The fraction of sp³-hybridized carbons (Fsp3) is 0.833. The van der Waals surface area contributed by atoms with Gasteiger partial charge in [-0.25, -0.2) is 0 Å². The third kappa shape index (κ3) is 5.01. The second kappa shape index (κ2) is 5.33. The number of hydrogen-bond acceptors (Lipinski definition) is 1. The van der Waals surface area contributed by atoms with Crippen molar-refractivity contribution in [3.8, 4) is 0 Å². The summed E-state index contributed by atoms with van der Waals surface area (Å²) in [5, 5.41) is -0.147. The molecule has 1 radical (unpaired) electrons. The molecule has 0 aliphatic rings. The van der Waals surface area contributed by atoms with Crippen molar-refractivity contribution in [2.75, 3.05) is 13.2 Å². The van der Waals surface area contributed by atoms with Crippen molar-refractivity contribution in [1.29, 1.82) is 0 Å². The van der Waals surface area contributed by atoms with Gasteiger partial charge in [-0.1, -0.05) is 0 Å². The summed E-state index contributed by atoms with van der Waals surface area (Å²) in [7, 11) is 0. The van der Waals surface area contributed by atoms with Gasteiger partial charge in [-0.3, -0.25) is 0 Å². The van der Waals surface area contributed by atoms with Crippen molar-refractivity contribution in [3.05, 3.63) is 6.92 Å². The van der Waals surface area contributed by atoms with E-state index >= 15 is 0 Å². The smallest absolute Gasteiger partial charge is 0.0730 e. The molecule has 0 saturated heterocycles. The number of alkyl halides is 2. The van der Waals surface area contributed by atoms with Crippen molar-refractivity contribution < 1.29 is 4.74 Å². The molecule has 1 nitrogen and oxygen atoms in total. The molecular formula is C6H11Cl2O. The molecule has 2 atom stereocenters. The fourth-order valence-corrected chi connectivity index (χ4v) is 0.490. The van der Waals surface area contributed by atoms with Crippen molar-refractivity contribution in [3.63, 3.8) is 0 Å². The van der Waals surface area contributed by atoms with Gasteiger partial charge < -0.3 is 4.74 Å². The highest BCUT2D eigenvalue weighted by Gasteiger charge is 2.10. The minimum atomic E-state index is -0.103. The molecule has 0 N–H and O–H groups in total. The molecule has 0 aliphatic carbocycles. The van der Waals surface area contributed by atoms with E-state index in [2.05, 4.69) is 6.92 Å². The highest BCUT2D eigenvalue weighted by atomic mass is 35.5. The van der Waals surface area contributed by atoms with Crippen molar-refractivity contribution in [2.24, 2.45) is 0 Å². The maximum Gasteiger partial charge on any atom is 0.0730 e. The van der Waals surface area contributed by atoms with Crippen LogP contribution in [-0.4, -0.2) is 24.0 Å². The van der Waals surface area contributed by atoms with Crippen LogP contribution in [-0.2, 0) is 4.74 Å². The van der Waals surface area contributed by atoms with E-state index in [-0.39, 0.29) is 10.8 Å². The maximum absolute atomic E-state index is 5.71. The first kappa shape index (κ1) is 9.54. The molecule has 0 heterocycles. The zero-order chi connectivity index (χ0) is 7.28. The van der Waals surface area contributed by atoms with Gasteiger partial charge in [0, 0.05) is 12.0 Å². The van der Waals surface area contributed by atoms with Gasteiger partial charge in [0.25, 0.3) is 0 Å². The van der Waals surface area contributed by atoms with E-state index in [1.807, 2.05) is 6.92 Å². The zero-order valence-corrected chi connectivity index (χ0v) is 6.95. The van der Waals surface area contributed by atoms with E-state index in [0.29, 0.717) is 13.2 Å². The molecule has 0 rings (SSSR count). The first-order chi connectivity index (χ1) is 4.18. The van der Waals surface area contributed by atoms with Crippen LogP contribution in [0.3, 0.4) is 0 Å². The second-order valence-corrected chi connectivity index (χ2v) is 3.02. The summed E-state index contributed by atoms with van der Waals surface area (Å²) >= 11 is 11.3. The number of hydrogen-bond donors (Lipinski definition) is 0. The van der Waals surface area contributed by atoms with E-state index in [4.69, 9.17) is 27.9 Å². The number of ether oxygens (including phenoxy) is 1. The minimum Gasteiger partial charge on any atom is -0.380 e. The molecule has 0 aromatic heterocycles. The molecule has 0 amide bonds. The first-order valence-electron chi connectivity index (χ1n) is 2.83. The average Bonchev–Trinajstić information content (AvgIpc) is 1.82. The SMILES string of the molecule is [CH2]COCC(Cl)C(C)Cl. The summed E-state index contributed by atoms with van der Waals surface area (Å²) in [5.41, 5.74) is 0. The lowest BCUT2D eigenvalue weighted by Crippen LogP contribution is -2.17. The molecule has 9 heavy (non-hydrogen) atoms. The summed E-state index contributed by atoms with van der Waals surface area (Å²) in [6.45, 7) is 6.27. The summed E-state index contributed by atoms with van der Waals surface area (Å²) in [4.78, 5) is 0. The molecule has 2 unspecified atom stereocenters. The van der Waals surface area contributed by atoms with Gasteiger partial charge in [0.15, 0.2) is 0 Å². The van der Waals surface area contributed by atoms with Crippen LogP contribution in [0.25, 0.3) is 0 Å². The lowest BCUT2D eigenvalue weighted by Gasteiger charge is -2.09. The topological polar surface area (TPSA) is 9.23 Å². The molecule has 0 aromatic rings. The van der Waals surface area contributed by atoms with E-state index in [0.717, 1.165) is 0 Å². The normalized spacial score (nSPS) is 17.3. The van der Waals surface area contributed by atoms with Crippen LogP contribution < -0.4 is 0 Å². The van der Waals surface area contributed by atoms with Gasteiger partial charge in [0.2, 0.25) is 0 Å². The maximum atomic E-state index is 5.71. The molecule has 0 aromatic carbocycles. The quantitative estimate of drug-likeness (QED) is 0.587. The van der Waals surface area contributed by atoms with Crippen LogP contribution >= 0.6 is 23.2 Å². The van der Waals surface area contributed by atoms with Crippen molar-refractivity contribution >= 4 is 23.2 Å².